The lowest BCUT2D eigenvalue weighted by Gasteiger charge is -2.41. The standard InChI is InChI=1S/C22H23F2N3O4S/c23-17-6-7-19(24)20(14-17)32(30,31)26-10-8-18(9-11-26)27-13-12-25(21(28)22(27)29)15-16-4-2-1-3-5-16/h1-7,14,18H,8-13,15H2. The van der Waals surface area contributed by atoms with Gasteiger partial charge in [-0.05, 0) is 36.6 Å². The minimum Gasteiger partial charge on any atom is -0.330 e. The zero-order valence-electron chi connectivity index (χ0n) is 17.3. The highest BCUT2D eigenvalue weighted by Gasteiger charge is 2.39. The third-order valence-electron chi connectivity index (χ3n) is 5.93. The summed E-state index contributed by atoms with van der Waals surface area (Å²) in [6.45, 7) is 1.22. The number of nitrogens with zero attached hydrogens (tertiary/aromatic N) is 3. The lowest BCUT2D eigenvalue weighted by Crippen LogP contribution is -2.58. The maximum absolute atomic E-state index is 14.0. The predicted molar refractivity (Wildman–Crippen MR) is 112 cm³/mol. The van der Waals surface area contributed by atoms with Crippen LogP contribution in [0.2, 0.25) is 0 Å². The van der Waals surface area contributed by atoms with Crippen LogP contribution in [0.15, 0.2) is 53.4 Å². The minimum absolute atomic E-state index is 0.0503. The van der Waals surface area contributed by atoms with Gasteiger partial charge in [0.2, 0.25) is 10.0 Å². The van der Waals surface area contributed by atoms with Gasteiger partial charge in [-0.15, -0.1) is 0 Å². The van der Waals surface area contributed by atoms with Crippen molar-refractivity contribution in [3.05, 3.63) is 65.7 Å². The molecule has 32 heavy (non-hydrogen) atoms. The quantitative estimate of drug-likeness (QED) is 0.636. The Morgan fingerprint density at radius 2 is 1.56 bits per heavy atom. The second-order valence-electron chi connectivity index (χ2n) is 7.92. The molecule has 2 saturated heterocycles. The molecule has 2 heterocycles. The number of hydrogen-bond donors (Lipinski definition) is 0. The van der Waals surface area contributed by atoms with Crippen molar-refractivity contribution in [3.63, 3.8) is 0 Å². The molecule has 0 radical (unpaired) electrons. The van der Waals surface area contributed by atoms with Gasteiger partial charge in [-0.3, -0.25) is 9.59 Å². The Balaban J connectivity index is 1.39. The van der Waals surface area contributed by atoms with Crippen LogP contribution in [-0.4, -0.2) is 66.6 Å². The van der Waals surface area contributed by atoms with Crippen molar-refractivity contribution in [2.24, 2.45) is 0 Å². The van der Waals surface area contributed by atoms with Crippen LogP contribution >= 0.6 is 0 Å². The Morgan fingerprint density at radius 1 is 0.875 bits per heavy atom. The molecule has 7 nitrogen and oxygen atoms in total. The molecule has 0 aromatic heterocycles. The molecule has 2 fully saturated rings. The summed E-state index contributed by atoms with van der Waals surface area (Å²) in [7, 11) is -4.20. The van der Waals surface area contributed by atoms with E-state index in [2.05, 4.69) is 0 Å². The smallest absolute Gasteiger partial charge is 0.312 e. The van der Waals surface area contributed by atoms with Gasteiger partial charge in [0, 0.05) is 38.8 Å². The van der Waals surface area contributed by atoms with Crippen LogP contribution in [0.3, 0.4) is 0 Å². The topological polar surface area (TPSA) is 78.0 Å². The normalized spacial score (nSPS) is 18.9. The largest absolute Gasteiger partial charge is 0.330 e. The Hall–Kier alpha value is -2.85. The van der Waals surface area contributed by atoms with E-state index >= 15 is 0 Å². The number of piperidine rings is 1. The SMILES string of the molecule is O=C1C(=O)N(C2CCN(S(=O)(=O)c3cc(F)ccc3F)CC2)CCN1Cc1ccccc1. The maximum Gasteiger partial charge on any atom is 0.312 e. The van der Waals surface area contributed by atoms with Crippen molar-refractivity contribution in [2.45, 2.75) is 30.3 Å². The summed E-state index contributed by atoms with van der Waals surface area (Å²) >= 11 is 0. The number of benzene rings is 2. The van der Waals surface area contributed by atoms with Crippen LogP contribution in [0.5, 0.6) is 0 Å². The minimum atomic E-state index is -4.20. The second kappa shape index (κ2) is 8.95. The van der Waals surface area contributed by atoms with Crippen LogP contribution in [-0.2, 0) is 26.2 Å². The van der Waals surface area contributed by atoms with Crippen molar-refractivity contribution in [1.29, 1.82) is 0 Å². The second-order valence-corrected chi connectivity index (χ2v) is 9.83. The van der Waals surface area contributed by atoms with Crippen molar-refractivity contribution >= 4 is 21.8 Å². The van der Waals surface area contributed by atoms with Crippen molar-refractivity contribution in [2.75, 3.05) is 26.2 Å². The molecule has 0 unspecified atom stereocenters. The summed E-state index contributed by atoms with van der Waals surface area (Å²) < 4.78 is 54.1. The summed E-state index contributed by atoms with van der Waals surface area (Å²) in [5, 5.41) is 0. The fraction of sp³-hybridized carbons (Fsp3) is 0.364. The van der Waals surface area contributed by atoms with E-state index in [1.807, 2.05) is 30.3 Å². The third kappa shape index (κ3) is 4.37. The molecule has 4 rings (SSSR count). The molecule has 170 valence electrons. The molecule has 10 heteroatoms. The fourth-order valence-electron chi connectivity index (χ4n) is 4.20. The van der Waals surface area contributed by atoms with Gasteiger partial charge in [0.15, 0.2) is 0 Å². The number of carbonyl (C=O) groups is 2. The highest BCUT2D eigenvalue weighted by atomic mass is 32.2. The van der Waals surface area contributed by atoms with Gasteiger partial charge in [0.05, 0.1) is 0 Å². The van der Waals surface area contributed by atoms with Crippen molar-refractivity contribution in [3.8, 4) is 0 Å². The lowest BCUT2D eigenvalue weighted by molar-refractivity contribution is -0.158. The molecule has 0 spiro atoms. The molecule has 2 aliphatic rings. The number of sulfonamides is 1. The molecular formula is C22H23F2N3O4S. The molecular weight excluding hydrogens is 440 g/mol. The number of piperazine rings is 1. The monoisotopic (exact) mass is 463 g/mol. The first kappa shape index (κ1) is 22.3. The third-order valence-corrected chi connectivity index (χ3v) is 7.85. The summed E-state index contributed by atoms with van der Waals surface area (Å²) in [6.07, 6.45) is 0.627. The van der Waals surface area contributed by atoms with Gasteiger partial charge in [0.1, 0.15) is 16.5 Å². The fourth-order valence-corrected chi connectivity index (χ4v) is 5.75. The van der Waals surface area contributed by atoms with Crippen molar-refractivity contribution in [1.82, 2.24) is 14.1 Å². The van der Waals surface area contributed by atoms with Gasteiger partial charge in [0.25, 0.3) is 0 Å². The van der Waals surface area contributed by atoms with Gasteiger partial charge >= 0.3 is 11.8 Å². The number of rotatable bonds is 5. The van der Waals surface area contributed by atoms with Crippen molar-refractivity contribution < 1.29 is 26.8 Å². The molecule has 0 saturated carbocycles. The van der Waals surface area contributed by atoms with Gasteiger partial charge in [-0.2, -0.15) is 4.31 Å². The lowest BCUT2D eigenvalue weighted by atomic mass is 10.0. The van der Waals surface area contributed by atoms with Gasteiger partial charge in [-0.25, -0.2) is 17.2 Å². The van der Waals surface area contributed by atoms with Crippen LogP contribution in [0, 0.1) is 11.6 Å². The van der Waals surface area contributed by atoms with E-state index in [0.29, 0.717) is 38.5 Å². The zero-order chi connectivity index (χ0) is 22.9. The molecule has 2 amide bonds. The molecule has 0 N–H and O–H groups in total. The van der Waals surface area contributed by atoms with E-state index in [1.54, 1.807) is 0 Å². The molecule has 2 aromatic carbocycles. The van der Waals surface area contributed by atoms with E-state index in [4.69, 9.17) is 0 Å². The molecule has 0 atom stereocenters. The first-order valence-electron chi connectivity index (χ1n) is 10.4. The Morgan fingerprint density at radius 3 is 2.25 bits per heavy atom. The number of carbonyl (C=O) groups excluding carboxylic acids is 2. The van der Waals surface area contributed by atoms with E-state index in [1.165, 1.54) is 9.80 Å². The Kier molecular flexibility index (Phi) is 6.25. The number of halogens is 2. The van der Waals surface area contributed by atoms with Crippen LogP contribution < -0.4 is 0 Å². The molecule has 0 aliphatic carbocycles. The average molecular weight is 464 g/mol. The van der Waals surface area contributed by atoms with E-state index in [-0.39, 0.29) is 19.1 Å². The Bertz CT molecular complexity index is 1120. The molecule has 2 aliphatic heterocycles. The van der Waals surface area contributed by atoms with Gasteiger partial charge < -0.3 is 9.80 Å². The average Bonchev–Trinajstić information content (AvgIpc) is 2.79. The van der Waals surface area contributed by atoms with Gasteiger partial charge in [-0.1, -0.05) is 30.3 Å². The maximum atomic E-state index is 14.0. The van der Waals surface area contributed by atoms with Crippen LogP contribution in [0.1, 0.15) is 18.4 Å². The van der Waals surface area contributed by atoms with Crippen LogP contribution in [0.25, 0.3) is 0 Å². The molecule has 0 bridgehead atoms. The van der Waals surface area contributed by atoms with E-state index in [0.717, 1.165) is 22.0 Å². The highest BCUT2D eigenvalue weighted by Crippen LogP contribution is 2.26. The first-order chi connectivity index (χ1) is 15.3. The Labute approximate surface area is 185 Å². The summed E-state index contributed by atoms with van der Waals surface area (Å²) in [5.74, 6) is -3.01. The first-order valence-corrected chi connectivity index (χ1v) is 11.8. The van der Waals surface area contributed by atoms with E-state index < -0.39 is 38.4 Å². The summed E-state index contributed by atoms with van der Waals surface area (Å²) in [4.78, 5) is 27.7. The number of hydrogen-bond acceptors (Lipinski definition) is 4. The predicted octanol–water partition coefficient (Wildman–Crippen LogP) is 1.99. The van der Waals surface area contributed by atoms with E-state index in [9.17, 15) is 26.8 Å². The molecule has 2 aromatic rings. The summed E-state index contributed by atoms with van der Waals surface area (Å²) in [5.41, 5.74) is 0.935. The highest BCUT2D eigenvalue weighted by molar-refractivity contribution is 7.89. The zero-order valence-corrected chi connectivity index (χ0v) is 18.1. The van der Waals surface area contributed by atoms with Crippen LogP contribution in [0.4, 0.5) is 8.78 Å². The number of amides is 2. The summed E-state index contributed by atoms with van der Waals surface area (Å²) in [6, 6.07) is 11.4.